The van der Waals surface area contributed by atoms with Crippen LogP contribution in [0, 0.1) is 11.8 Å². The van der Waals surface area contributed by atoms with Crippen molar-refractivity contribution in [2.24, 2.45) is 11.8 Å². The highest BCUT2D eigenvalue weighted by Crippen LogP contribution is 2.33. The minimum atomic E-state index is -1.81. The first-order chi connectivity index (χ1) is 9.37. The molecule has 0 aliphatic carbocycles. The van der Waals surface area contributed by atoms with Gasteiger partial charge in [-0.25, -0.2) is 4.79 Å². The summed E-state index contributed by atoms with van der Waals surface area (Å²) in [7, 11) is 0. The van der Waals surface area contributed by atoms with E-state index in [0.29, 0.717) is 18.6 Å². The summed E-state index contributed by atoms with van der Waals surface area (Å²) in [5.74, 6) is -0.715. The monoisotopic (exact) mass is 285 g/mol. The number of aliphatic hydroxyl groups excluding tert-OH is 1. The molecule has 2 rings (SSSR count). The quantitative estimate of drug-likeness (QED) is 0.731. The average Bonchev–Trinajstić information content (AvgIpc) is 2.97. The van der Waals surface area contributed by atoms with Crippen LogP contribution in [0.3, 0.4) is 0 Å². The highest BCUT2D eigenvalue weighted by Gasteiger charge is 2.46. The molecule has 2 fully saturated rings. The summed E-state index contributed by atoms with van der Waals surface area (Å²) >= 11 is 0. The second-order valence-electron chi connectivity index (χ2n) is 6.55. The van der Waals surface area contributed by atoms with Crippen molar-refractivity contribution in [3.63, 3.8) is 0 Å². The number of carbonyl (C=O) groups excluding carboxylic acids is 1. The Morgan fingerprint density at radius 2 is 2.05 bits per heavy atom. The Kier molecular flexibility index (Phi) is 4.72. The van der Waals surface area contributed by atoms with Gasteiger partial charge in [-0.15, -0.1) is 0 Å². The van der Waals surface area contributed by atoms with E-state index >= 15 is 0 Å². The summed E-state index contributed by atoms with van der Waals surface area (Å²) < 4.78 is 5.35. The van der Waals surface area contributed by atoms with Gasteiger partial charge in [-0.1, -0.05) is 13.8 Å². The fourth-order valence-electron chi connectivity index (χ4n) is 3.57. The molecule has 0 bridgehead atoms. The van der Waals surface area contributed by atoms with Crippen molar-refractivity contribution in [1.82, 2.24) is 4.90 Å². The van der Waals surface area contributed by atoms with Gasteiger partial charge in [0, 0.05) is 12.0 Å². The van der Waals surface area contributed by atoms with E-state index < -0.39 is 17.7 Å². The Bertz CT molecular complexity index is 348. The van der Waals surface area contributed by atoms with Crippen molar-refractivity contribution in [3.8, 4) is 0 Å². The van der Waals surface area contributed by atoms with Crippen molar-refractivity contribution in [3.05, 3.63) is 0 Å². The second kappa shape index (κ2) is 6.00. The number of fused-ring (bicyclic) bond motifs is 1. The molecule has 0 amide bonds. The van der Waals surface area contributed by atoms with Crippen molar-refractivity contribution in [2.45, 2.75) is 57.8 Å². The fraction of sp³-hybridized carbons (Fsp3) is 0.933. The van der Waals surface area contributed by atoms with Gasteiger partial charge in [-0.05, 0) is 45.2 Å². The van der Waals surface area contributed by atoms with E-state index in [1.165, 1.54) is 19.8 Å². The number of aliphatic hydroxyl groups is 2. The van der Waals surface area contributed by atoms with E-state index in [4.69, 9.17) is 4.74 Å². The lowest BCUT2D eigenvalue weighted by Gasteiger charge is -2.33. The molecule has 4 atom stereocenters. The summed E-state index contributed by atoms with van der Waals surface area (Å²) in [6.45, 7) is 7.43. The van der Waals surface area contributed by atoms with E-state index in [1.54, 1.807) is 13.8 Å². The van der Waals surface area contributed by atoms with Gasteiger partial charge in [-0.2, -0.15) is 0 Å². The van der Waals surface area contributed by atoms with Crippen LogP contribution in [0.1, 0.15) is 40.0 Å². The standard InChI is InChI=1S/C15H27NO4/c1-10(2)15(19,11(3)17)14(18)20-9-12-6-8-16-7-4-5-13(12)16/h10-13,17,19H,4-9H2,1-3H3/t11-,12-,13+,15+/m0/s1. The summed E-state index contributed by atoms with van der Waals surface area (Å²) in [6.07, 6.45) is 2.31. The molecule has 2 aliphatic rings. The predicted molar refractivity (Wildman–Crippen MR) is 75.1 cm³/mol. The topological polar surface area (TPSA) is 70.0 Å². The molecule has 0 aromatic carbocycles. The molecular weight excluding hydrogens is 258 g/mol. The van der Waals surface area contributed by atoms with Crippen molar-refractivity contribution in [2.75, 3.05) is 19.7 Å². The van der Waals surface area contributed by atoms with Crippen LogP contribution in [0.2, 0.25) is 0 Å². The third-order valence-electron chi connectivity index (χ3n) is 5.02. The number of hydrogen-bond acceptors (Lipinski definition) is 5. The van der Waals surface area contributed by atoms with Crippen LogP contribution in [0.4, 0.5) is 0 Å². The number of ether oxygens (including phenoxy) is 1. The summed E-state index contributed by atoms with van der Waals surface area (Å²) in [6, 6.07) is 0.529. The van der Waals surface area contributed by atoms with Crippen LogP contribution in [0.15, 0.2) is 0 Å². The zero-order chi connectivity index (χ0) is 14.9. The maximum atomic E-state index is 12.2. The Morgan fingerprint density at radius 1 is 1.35 bits per heavy atom. The zero-order valence-corrected chi connectivity index (χ0v) is 12.7. The molecule has 2 saturated heterocycles. The fourth-order valence-corrected chi connectivity index (χ4v) is 3.57. The molecule has 0 aromatic rings. The minimum Gasteiger partial charge on any atom is -0.463 e. The van der Waals surface area contributed by atoms with Crippen molar-refractivity contribution in [1.29, 1.82) is 0 Å². The Hall–Kier alpha value is -0.650. The van der Waals surface area contributed by atoms with Gasteiger partial charge in [0.05, 0.1) is 12.7 Å². The van der Waals surface area contributed by atoms with E-state index in [0.717, 1.165) is 19.5 Å². The minimum absolute atomic E-state index is 0.349. The molecule has 0 aromatic heterocycles. The molecule has 0 saturated carbocycles. The molecule has 2 heterocycles. The van der Waals surface area contributed by atoms with Gasteiger partial charge >= 0.3 is 5.97 Å². The van der Waals surface area contributed by atoms with E-state index in [9.17, 15) is 15.0 Å². The van der Waals surface area contributed by atoms with Crippen LogP contribution in [-0.4, -0.2) is 58.5 Å². The Morgan fingerprint density at radius 3 is 2.65 bits per heavy atom. The third-order valence-corrected chi connectivity index (χ3v) is 5.02. The summed E-state index contributed by atoms with van der Waals surface area (Å²) in [4.78, 5) is 14.6. The number of esters is 1. The number of rotatable bonds is 5. The largest absolute Gasteiger partial charge is 0.463 e. The second-order valence-corrected chi connectivity index (χ2v) is 6.55. The van der Waals surface area contributed by atoms with Crippen molar-refractivity contribution < 1.29 is 19.7 Å². The van der Waals surface area contributed by atoms with Gasteiger partial charge in [0.2, 0.25) is 0 Å². The Balaban J connectivity index is 1.91. The third kappa shape index (κ3) is 2.71. The normalized spacial score (nSPS) is 31.1. The molecule has 0 radical (unpaired) electrons. The highest BCUT2D eigenvalue weighted by molar-refractivity contribution is 5.80. The number of hydrogen-bond donors (Lipinski definition) is 2. The summed E-state index contributed by atoms with van der Waals surface area (Å²) in [5, 5.41) is 20.1. The molecule has 5 nitrogen and oxygen atoms in total. The van der Waals surface area contributed by atoms with Crippen LogP contribution in [0.5, 0.6) is 0 Å². The van der Waals surface area contributed by atoms with Crippen LogP contribution >= 0.6 is 0 Å². The van der Waals surface area contributed by atoms with Gasteiger partial charge in [0.1, 0.15) is 0 Å². The van der Waals surface area contributed by atoms with E-state index in [-0.39, 0.29) is 5.92 Å². The van der Waals surface area contributed by atoms with Crippen LogP contribution in [-0.2, 0) is 9.53 Å². The van der Waals surface area contributed by atoms with E-state index in [2.05, 4.69) is 4.90 Å². The molecular formula is C15H27NO4. The highest BCUT2D eigenvalue weighted by atomic mass is 16.6. The predicted octanol–water partition coefficient (Wildman–Crippen LogP) is 0.782. The van der Waals surface area contributed by atoms with Gasteiger partial charge in [-0.3, -0.25) is 4.90 Å². The first-order valence-electron chi connectivity index (χ1n) is 7.69. The average molecular weight is 285 g/mol. The van der Waals surface area contributed by atoms with Gasteiger partial charge in [0.25, 0.3) is 0 Å². The zero-order valence-electron chi connectivity index (χ0n) is 12.7. The molecule has 2 aliphatic heterocycles. The van der Waals surface area contributed by atoms with Gasteiger partial charge in [0.15, 0.2) is 5.60 Å². The lowest BCUT2D eigenvalue weighted by Crippen LogP contribution is -2.53. The van der Waals surface area contributed by atoms with Crippen molar-refractivity contribution >= 4 is 5.97 Å². The first-order valence-corrected chi connectivity index (χ1v) is 7.69. The lowest BCUT2D eigenvalue weighted by atomic mass is 9.85. The van der Waals surface area contributed by atoms with E-state index in [1.807, 2.05) is 0 Å². The summed E-state index contributed by atoms with van der Waals surface area (Å²) in [5.41, 5.74) is -1.81. The molecule has 0 unspecified atom stereocenters. The Labute approximate surface area is 120 Å². The smallest absolute Gasteiger partial charge is 0.341 e. The van der Waals surface area contributed by atoms with Crippen LogP contribution < -0.4 is 0 Å². The lowest BCUT2D eigenvalue weighted by molar-refractivity contribution is -0.186. The maximum absolute atomic E-state index is 12.2. The van der Waals surface area contributed by atoms with Crippen LogP contribution in [0.25, 0.3) is 0 Å². The molecule has 2 N–H and O–H groups in total. The van der Waals surface area contributed by atoms with Gasteiger partial charge < -0.3 is 14.9 Å². The maximum Gasteiger partial charge on any atom is 0.341 e. The SMILES string of the molecule is CC(C)[C@](O)(C(=O)OC[C@@H]1CCN2CCC[C@H]12)[C@H](C)O. The molecule has 20 heavy (non-hydrogen) atoms. The number of nitrogens with zero attached hydrogens (tertiary/aromatic N) is 1. The molecule has 5 heteroatoms. The molecule has 116 valence electrons. The number of carbonyl (C=O) groups is 1. The molecule has 0 spiro atoms. The first kappa shape index (κ1) is 15.7.